The fraction of sp³-hybridized carbons (Fsp3) is 0.286. The van der Waals surface area contributed by atoms with Gasteiger partial charge in [-0.1, -0.05) is 18.2 Å². The summed E-state index contributed by atoms with van der Waals surface area (Å²) in [5.41, 5.74) is 7.56. The number of nitrogens with one attached hydrogen (secondary N) is 2. The number of rotatable bonds is 3. The van der Waals surface area contributed by atoms with E-state index in [-0.39, 0.29) is 12.1 Å². The summed E-state index contributed by atoms with van der Waals surface area (Å²) < 4.78 is 5.76. The van der Waals surface area contributed by atoms with Crippen LogP contribution >= 0.6 is 0 Å². The van der Waals surface area contributed by atoms with Gasteiger partial charge in [-0.25, -0.2) is 4.98 Å². The van der Waals surface area contributed by atoms with Crippen molar-refractivity contribution >= 4 is 17.5 Å². The van der Waals surface area contributed by atoms with Crippen molar-refractivity contribution in [3.05, 3.63) is 42.1 Å². The van der Waals surface area contributed by atoms with Crippen LogP contribution in [0.5, 0.6) is 0 Å². The monoisotopic (exact) mass is 271 g/mol. The second-order valence-corrected chi connectivity index (χ2v) is 4.59. The molecule has 0 radical (unpaired) electrons. The Hall–Kier alpha value is -2.18. The molecular weight excluding hydrogens is 254 g/mol. The first kappa shape index (κ1) is 12.8. The molecule has 2 heterocycles. The minimum atomic E-state index is -0.0597. The number of anilines is 3. The first-order valence-electron chi connectivity index (χ1n) is 6.60. The van der Waals surface area contributed by atoms with Crippen molar-refractivity contribution in [2.24, 2.45) is 0 Å². The minimum Gasteiger partial charge on any atom is -0.371 e. The molecule has 1 aliphatic rings. The lowest BCUT2D eigenvalue weighted by atomic mass is 10.1. The number of hydrogen-bond acceptors (Lipinski definition) is 6. The molecule has 3 rings (SSSR count). The molecule has 4 N–H and O–H groups in total. The lowest BCUT2D eigenvalue weighted by Gasteiger charge is -2.25. The number of benzene rings is 1. The maximum atomic E-state index is 5.76. The quantitative estimate of drug-likeness (QED) is 0.783. The van der Waals surface area contributed by atoms with Gasteiger partial charge in [0.2, 0.25) is 5.95 Å². The van der Waals surface area contributed by atoms with Gasteiger partial charge in [0.05, 0.1) is 6.61 Å². The SMILES string of the molecule is Nc1ncc(C2CNCCO2)c(Nc2ccccc2)n1. The number of morpholine rings is 1. The summed E-state index contributed by atoms with van der Waals surface area (Å²) >= 11 is 0. The zero-order valence-corrected chi connectivity index (χ0v) is 11.0. The molecule has 1 aromatic heterocycles. The molecule has 1 aromatic carbocycles. The second-order valence-electron chi connectivity index (χ2n) is 4.59. The standard InChI is InChI=1S/C14H17N5O/c15-14-17-8-11(12-9-16-6-7-20-12)13(19-14)18-10-4-2-1-3-5-10/h1-5,8,12,16H,6-7,9H2,(H3,15,17,18,19). The van der Waals surface area contributed by atoms with E-state index in [0.29, 0.717) is 12.4 Å². The molecule has 1 fully saturated rings. The van der Waals surface area contributed by atoms with Crippen LogP contribution in [0.1, 0.15) is 11.7 Å². The number of para-hydroxylation sites is 1. The average molecular weight is 271 g/mol. The molecule has 1 unspecified atom stereocenters. The van der Waals surface area contributed by atoms with Crippen molar-refractivity contribution in [3.8, 4) is 0 Å². The molecule has 1 aliphatic heterocycles. The van der Waals surface area contributed by atoms with Gasteiger partial charge in [0.15, 0.2) is 0 Å². The predicted octanol–water partition coefficient (Wildman–Crippen LogP) is 1.46. The maximum absolute atomic E-state index is 5.76. The average Bonchev–Trinajstić information content (AvgIpc) is 2.49. The fourth-order valence-electron chi connectivity index (χ4n) is 2.16. The van der Waals surface area contributed by atoms with Crippen LogP contribution in [-0.2, 0) is 4.74 Å². The van der Waals surface area contributed by atoms with Gasteiger partial charge >= 0.3 is 0 Å². The Balaban J connectivity index is 1.89. The van der Waals surface area contributed by atoms with Crippen LogP contribution in [0.2, 0.25) is 0 Å². The summed E-state index contributed by atoms with van der Waals surface area (Å²) in [6.45, 7) is 2.30. The fourth-order valence-corrected chi connectivity index (χ4v) is 2.16. The molecule has 6 nitrogen and oxygen atoms in total. The van der Waals surface area contributed by atoms with Crippen LogP contribution in [0.25, 0.3) is 0 Å². The molecule has 2 aromatic rings. The highest BCUT2D eigenvalue weighted by molar-refractivity contribution is 5.60. The Morgan fingerprint density at radius 1 is 1.30 bits per heavy atom. The Bertz CT molecular complexity index is 569. The van der Waals surface area contributed by atoms with Gasteiger partial charge in [0.1, 0.15) is 11.9 Å². The van der Waals surface area contributed by atoms with Crippen molar-refractivity contribution in [2.75, 3.05) is 30.7 Å². The van der Waals surface area contributed by atoms with E-state index in [1.54, 1.807) is 6.20 Å². The largest absolute Gasteiger partial charge is 0.371 e. The normalized spacial score (nSPS) is 18.7. The number of nitrogen functional groups attached to an aromatic ring is 1. The van der Waals surface area contributed by atoms with Crippen molar-refractivity contribution in [2.45, 2.75) is 6.10 Å². The summed E-state index contributed by atoms with van der Waals surface area (Å²) in [6, 6.07) is 9.84. The number of nitrogens with zero attached hydrogens (tertiary/aromatic N) is 2. The highest BCUT2D eigenvalue weighted by Crippen LogP contribution is 2.27. The van der Waals surface area contributed by atoms with Crippen LogP contribution in [0.3, 0.4) is 0 Å². The second kappa shape index (κ2) is 5.85. The molecule has 0 saturated carbocycles. The van der Waals surface area contributed by atoms with Crippen LogP contribution < -0.4 is 16.4 Å². The van der Waals surface area contributed by atoms with Crippen LogP contribution in [-0.4, -0.2) is 29.7 Å². The Morgan fingerprint density at radius 3 is 2.90 bits per heavy atom. The zero-order chi connectivity index (χ0) is 13.8. The number of aromatic nitrogens is 2. The van der Waals surface area contributed by atoms with E-state index in [9.17, 15) is 0 Å². The maximum Gasteiger partial charge on any atom is 0.221 e. The molecular formula is C14H17N5O. The van der Waals surface area contributed by atoms with Gasteiger partial charge in [0, 0.05) is 30.5 Å². The summed E-state index contributed by atoms with van der Waals surface area (Å²) in [5, 5.41) is 6.57. The van der Waals surface area contributed by atoms with Gasteiger partial charge in [-0.05, 0) is 12.1 Å². The third kappa shape index (κ3) is 2.87. The van der Waals surface area contributed by atoms with E-state index in [1.165, 1.54) is 0 Å². The molecule has 1 atom stereocenters. The van der Waals surface area contributed by atoms with Gasteiger partial charge in [-0.2, -0.15) is 4.98 Å². The summed E-state index contributed by atoms with van der Waals surface area (Å²) in [5.74, 6) is 0.938. The highest BCUT2D eigenvalue weighted by atomic mass is 16.5. The minimum absolute atomic E-state index is 0.0597. The van der Waals surface area contributed by atoms with E-state index in [0.717, 1.165) is 24.3 Å². The van der Waals surface area contributed by atoms with Crippen molar-refractivity contribution in [1.29, 1.82) is 0 Å². The van der Waals surface area contributed by atoms with Gasteiger partial charge in [-0.15, -0.1) is 0 Å². The molecule has 0 amide bonds. The molecule has 104 valence electrons. The Labute approximate surface area is 117 Å². The molecule has 6 heteroatoms. The van der Waals surface area contributed by atoms with E-state index < -0.39 is 0 Å². The number of hydrogen-bond donors (Lipinski definition) is 3. The smallest absolute Gasteiger partial charge is 0.221 e. The molecule has 0 spiro atoms. The number of ether oxygens (including phenoxy) is 1. The highest BCUT2D eigenvalue weighted by Gasteiger charge is 2.20. The third-order valence-corrected chi connectivity index (χ3v) is 3.15. The Kier molecular flexibility index (Phi) is 3.76. The van der Waals surface area contributed by atoms with Gasteiger partial charge < -0.3 is 21.1 Å². The number of nitrogens with two attached hydrogens (primary N) is 1. The van der Waals surface area contributed by atoms with Crippen LogP contribution in [0.15, 0.2) is 36.5 Å². The molecule has 0 bridgehead atoms. The van der Waals surface area contributed by atoms with Crippen LogP contribution in [0, 0.1) is 0 Å². The van der Waals surface area contributed by atoms with Crippen LogP contribution in [0.4, 0.5) is 17.5 Å². The van der Waals surface area contributed by atoms with E-state index >= 15 is 0 Å². The molecule has 1 saturated heterocycles. The first-order valence-corrected chi connectivity index (χ1v) is 6.60. The first-order chi connectivity index (χ1) is 9.83. The van der Waals surface area contributed by atoms with Crippen molar-refractivity contribution in [1.82, 2.24) is 15.3 Å². The predicted molar refractivity (Wildman–Crippen MR) is 77.7 cm³/mol. The summed E-state index contributed by atoms with van der Waals surface area (Å²) in [4.78, 5) is 8.37. The molecule has 0 aliphatic carbocycles. The molecule has 20 heavy (non-hydrogen) atoms. The van der Waals surface area contributed by atoms with Gasteiger partial charge in [0.25, 0.3) is 0 Å². The van der Waals surface area contributed by atoms with E-state index in [1.807, 2.05) is 30.3 Å². The zero-order valence-electron chi connectivity index (χ0n) is 11.0. The third-order valence-electron chi connectivity index (χ3n) is 3.15. The van der Waals surface area contributed by atoms with E-state index in [2.05, 4.69) is 20.6 Å². The van der Waals surface area contributed by atoms with Crippen molar-refractivity contribution in [3.63, 3.8) is 0 Å². The van der Waals surface area contributed by atoms with E-state index in [4.69, 9.17) is 10.5 Å². The Morgan fingerprint density at radius 2 is 2.15 bits per heavy atom. The lowest BCUT2D eigenvalue weighted by Crippen LogP contribution is -2.33. The van der Waals surface area contributed by atoms with Gasteiger partial charge in [-0.3, -0.25) is 0 Å². The van der Waals surface area contributed by atoms with Crippen molar-refractivity contribution < 1.29 is 4.74 Å². The lowest BCUT2D eigenvalue weighted by molar-refractivity contribution is 0.0278. The topological polar surface area (TPSA) is 85.1 Å². The summed E-state index contributed by atoms with van der Waals surface area (Å²) in [6.07, 6.45) is 1.67. The summed E-state index contributed by atoms with van der Waals surface area (Å²) in [7, 11) is 0.